The number of H-pyrrole nitrogens is 2. The second-order valence-electron chi connectivity index (χ2n) is 4.96. The monoisotopic (exact) mass is 329 g/mol. The molecule has 0 atom stereocenters. The molecule has 0 radical (unpaired) electrons. The molecule has 0 aliphatic heterocycles. The van der Waals surface area contributed by atoms with Gasteiger partial charge in [-0.25, -0.2) is 4.39 Å². The van der Waals surface area contributed by atoms with Gasteiger partial charge in [-0.2, -0.15) is 0 Å². The number of hydrogen-bond donors (Lipinski definition) is 3. The average Bonchev–Trinajstić information content (AvgIpc) is 2.54. The summed E-state index contributed by atoms with van der Waals surface area (Å²) >= 11 is 0. The number of aromatic nitrogens is 2. The third kappa shape index (κ3) is 3.49. The fraction of sp³-hybridized carbons (Fsp3) is 0.0625. The molecule has 0 saturated heterocycles. The molecule has 0 spiro atoms. The Kier molecular flexibility index (Phi) is 4.11. The van der Waals surface area contributed by atoms with Gasteiger partial charge < -0.3 is 20.0 Å². The Hall–Kier alpha value is -3.42. The number of amides is 1. The topological polar surface area (TPSA) is 104 Å². The Morgan fingerprint density at radius 3 is 2.54 bits per heavy atom. The highest BCUT2D eigenvalue weighted by molar-refractivity contribution is 5.93. The average molecular weight is 329 g/mol. The summed E-state index contributed by atoms with van der Waals surface area (Å²) in [6, 6.07) is 10.1. The van der Waals surface area contributed by atoms with E-state index in [4.69, 9.17) is 4.74 Å². The first-order valence-electron chi connectivity index (χ1n) is 6.96. The Bertz CT molecular complexity index is 1030. The zero-order chi connectivity index (χ0) is 17.1. The van der Waals surface area contributed by atoms with Crippen LogP contribution in [0, 0.1) is 5.82 Å². The first-order valence-corrected chi connectivity index (χ1v) is 6.96. The lowest BCUT2D eigenvalue weighted by Gasteiger charge is -2.08. The van der Waals surface area contributed by atoms with Crippen molar-refractivity contribution >= 4 is 22.6 Å². The van der Waals surface area contributed by atoms with Crippen LogP contribution in [0.3, 0.4) is 0 Å². The van der Waals surface area contributed by atoms with E-state index < -0.39 is 22.8 Å². The number of fused-ring (bicyclic) bond motifs is 1. The molecule has 0 aliphatic rings. The van der Waals surface area contributed by atoms with Crippen molar-refractivity contribution in [3.8, 4) is 5.75 Å². The second kappa shape index (κ2) is 6.37. The van der Waals surface area contributed by atoms with Gasteiger partial charge in [0.1, 0.15) is 11.6 Å². The number of hydrogen-bond acceptors (Lipinski definition) is 4. The standard InChI is InChI=1S/C16H12FN3O4/c17-9-2-1-3-11(6-9)24-8-14(21)18-10-4-5-12-13(7-10)20-16(23)15(22)19-12/h1-7H,8H2,(H,18,21)(H,19,22)(H,20,23). The number of nitrogens with one attached hydrogen (secondary N) is 3. The van der Waals surface area contributed by atoms with E-state index in [2.05, 4.69) is 15.3 Å². The lowest BCUT2D eigenvalue weighted by atomic mass is 10.2. The van der Waals surface area contributed by atoms with Crippen molar-refractivity contribution < 1.29 is 13.9 Å². The highest BCUT2D eigenvalue weighted by atomic mass is 19.1. The molecule has 0 fully saturated rings. The van der Waals surface area contributed by atoms with Crippen LogP contribution in [0.2, 0.25) is 0 Å². The van der Waals surface area contributed by atoms with Gasteiger partial charge in [-0.3, -0.25) is 14.4 Å². The fourth-order valence-corrected chi connectivity index (χ4v) is 2.10. The van der Waals surface area contributed by atoms with Crippen molar-refractivity contribution in [1.82, 2.24) is 9.97 Å². The normalized spacial score (nSPS) is 10.5. The molecule has 1 amide bonds. The van der Waals surface area contributed by atoms with Gasteiger partial charge in [0.05, 0.1) is 11.0 Å². The van der Waals surface area contributed by atoms with Crippen LogP contribution in [0.15, 0.2) is 52.1 Å². The maximum Gasteiger partial charge on any atom is 0.314 e. The molecule has 1 aromatic heterocycles. The molecule has 3 N–H and O–H groups in total. The van der Waals surface area contributed by atoms with Crippen molar-refractivity contribution in [3.63, 3.8) is 0 Å². The Morgan fingerprint density at radius 2 is 1.79 bits per heavy atom. The Morgan fingerprint density at radius 1 is 1.04 bits per heavy atom. The van der Waals surface area contributed by atoms with Gasteiger partial charge in [0.25, 0.3) is 5.91 Å². The largest absolute Gasteiger partial charge is 0.484 e. The molecule has 3 rings (SSSR count). The van der Waals surface area contributed by atoms with Crippen LogP contribution in [-0.4, -0.2) is 22.5 Å². The van der Waals surface area contributed by atoms with Gasteiger partial charge in [-0.05, 0) is 30.3 Å². The van der Waals surface area contributed by atoms with E-state index in [-0.39, 0.29) is 12.4 Å². The first kappa shape index (κ1) is 15.5. The van der Waals surface area contributed by atoms with Gasteiger partial charge in [-0.15, -0.1) is 0 Å². The first-order chi connectivity index (χ1) is 11.5. The summed E-state index contributed by atoms with van der Waals surface area (Å²) in [5, 5.41) is 2.58. The van der Waals surface area contributed by atoms with E-state index in [0.29, 0.717) is 16.7 Å². The minimum Gasteiger partial charge on any atom is -0.484 e. The summed E-state index contributed by atoms with van der Waals surface area (Å²) in [6.07, 6.45) is 0. The van der Waals surface area contributed by atoms with E-state index >= 15 is 0 Å². The van der Waals surface area contributed by atoms with Crippen LogP contribution in [0.5, 0.6) is 5.75 Å². The number of halogens is 1. The van der Waals surface area contributed by atoms with Crippen LogP contribution in [0.1, 0.15) is 0 Å². The zero-order valence-electron chi connectivity index (χ0n) is 12.3. The molecule has 0 unspecified atom stereocenters. The summed E-state index contributed by atoms with van der Waals surface area (Å²) in [5.41, 5.74) is -0.293. The summed E-state index contributed by atoms with van der Waals surface area (Å²) in [5.74, 6) is -0.670. The quantitative estimate of drug-likeness (QED) is 0.629. The summed E-state index contributed by atoms with van der Waals surface area (Å²) in [6.45, 7) is -0.302. The van der Waals surface area contributed by atoms with Gasteiger partial charge in [-0.1, -0.05) is 6.07 Å². The lowest BCUT2D eigenvalue weighted by molar-refractivity contribution is -0.118. The number of benzene rings is 2. The smallest absolute Gasteiger partial charge is 0.314 e. The molecule has 0 saturated carbocycles. The molecule has 24 heavy (non-hydrogen) atoms. The van der Waals surface area contributed by atoms with Crippen LogP contribution >= 0.6 is 0 Å². The number of anilines is 1. The number of rotatable bonds is 4. The Labute approximate surface area is 134 Å². The van der Waals surface area contributed by atoms with E-state index in [1.54, 1.807) is 12.1 Å². The second-order valence-corrected chi connectivity index (χ2v) is 4.96. The van der Waals surface area contributed by atoms with E-state index in [1.165, 1.54) is 30.3 Å². The Balaban J connectivity index is 1.70. The molecule has 0 bridgehead atoms. The summed E-state index contributed by atoms with van der Waals surface area (Å²) < 4.78 is 18.2. The lowest BCUT2D eigenvalue weighted by Crippen LogP contribution is -2.29. The molecule has 0 aliphatic carbocycles. The van der Waals surface area contributed by atoms with Crippen molar-refractivity contribution in [2.75, 3.05) is 11.9 Å². The third-order valence-electron chi connectivity index (χ3n) is 3.17. The minimum atomic E-state index is -0.777. The minimum absolute atomic E-state index is 0.241. The number of ether oxygens (including phenoxy) is 1. The number of aromatic amines is 2. The molecule has 2 aromatic carbocycles. The van der Waals surface area contributed by atoms with Gasteiger partial charge in [0.15, 0.2) is 6.61 Å². The molecular formula is C16H12FN3O4. The molecular weight excluding hydrogens is 317 g/mol. The van der Waals surface area contributed by atoms with Crippen molar-refractivity contribution in [1.29, 1.82) is 0 Å². The molecule has 7 nitrogen and oxygen atoms in total. The van der Waals surface area contributed by atoms with Gasteiger partial charge in [0, 0.05) is 11.8 Å². The highest BCUT2D eigenvalue weighted by Gasteiger charge is 2.06. The number of carbonyl (C=O) groups excluding carboxylic acids is 1. The predicted octanol–water partition coefficient (Wildman–Crippen LogP) is 1.37. The van der Waals surface area contributed by atoms with Crippen LogP contribution in [0.25, 0.3) is 11.0 Å². The third-order valence-corrected chi connectivity index (χ3v) is 3.17. The zero-order valence-corrected chi connectivity index (χ0v) is 12.3. The molecule has 122 valence electrons. The van der Waals surface area contributed by atoms with Crippen molar-refractivity contribution in [3.05, 3.63) is 69.0 Å². The van der Waals surface area contributed by atoms with Gasteiger partial charge >= 0.3 is 11.1 Å². The maximum absolute atomic E-state index is 13.0. The van der Waals surface area contributed by atoms with E-state index in [1.807, 2.05) is 0 Å². The summed E-state index contributed by atoms with van der Waals surface area (Å²) in [4.78, 5) is 39.2. The SMILES string of the molecule is O=C(COc1cccc(F)c1)Nc1ccc2[nH]c(=O)c(=O)[nH]c2c1. The molecule has 3 aromatic rings. The van der Waals surface area contributed by atoms with Crippen molar-refractivity contribution in [2.24, 2.45) is 0 Å². The molecule has 8 heteroatoms. The van der Waals surface area contributed by atoms with E-state index in [9.17, 15) is 18.8 Å². The van der Waals surface area contributed by atoms with Crippen LogP contribution in [-0.2, 0) is 4.79 Å². The maximum atomic E-state index is 13.0. The fourth-order valence-electron chi connectivity index (χ4n) is 2.10. The van der Waals surface area contributed by atoms with E-state index in [0.717, 1.165) is 0 Å². The predicted molar refractivity (Wildman–Crippen MR) is 85.7 cm³/mol. The van der Waals surface area contributed by atoms with Gasteiger partial charge in [0.2, 0.25) is 0 Å². The number of carbonyl (C=O) groups is 1. The molecule has 1 heterocycles. The van der Waals surface area contributed by atoms with Crippen LogP contribution in [0.4, 0.5) is 10.1 Å². The highest BCUT2D eigenvalue weighted by Crippen LogP contribution is 2.14. The van der Waals surface area contributed by atoms with Crippen LogP contribution < -0.4 is 21.2 Å². The summed E-state index contributed by atoms with van der Waals surface area (Å²) in [7, 11) is 0. The van der Waals surface area contributed by atoms with Crippen molar-refractivity contribution in [2.45, 2.75) is 0 Å².